The molecule has 0 aliphatic heterocycles. The van der Waals surface area contributed by atoms with Crippen LogP contribution in [0.1, 0.15) is 37.8 Å². The molecule has 0 saturated carbocycles. The van der Waals surface area contributed by atoms with E-state index in [9.17, 15) is 23.1 Å². The number of aliphatic hydroxyl groups excluding tert-OH is 1. The first-order valence-electron chi connectivity index (χ1n) is 14.4. The lowest BCUT2D eigenvalue weighted by molar-refractivity contribution is -0.118. The molecule has 5 N–H and O–H groups in total. The molecule has 10 nitrogen and oxygen atoms in total. The summed E-state index contributed by atoms with van der Waals surface area (Å²) in [5.74, 6) is -0.238. The predicted octanol–water partition coefficient (Wildman–Crippen LogP) is 4.86. The van der Waals surface area contributed by atoms with Crippen LogP contribution in [-0.4, -0.2) is 62.2 Å². The number of aryl methyl sites for hydroxylation is 1. The quantitative estimate of drug-likeness (QED) is 0.173. The van der Waals surface area contributed by atoms with Crippen LogP contribution >= 0.6 is 11.6 Å². The van der Waals surface area contributed by atoms with Gasteiger partial charge in [-0.05, 0) is 72.7 Å². The zero-order chi connectivity index (χ0) is 32.3. The first-order valence-corrected chi connectivity index (χ1v) is 16.2. The van der Waals surface area contributed by atoms with Crippen LogP contribution in [0.2, 0.25) is 5.02 Å². The minimum absolute atomic E-state index is 0.101. The number of ether oxygens (including phenoxy) is 1. The van der Waals surface area contributed by atoms with Crippen LogP contribution in [0.15, 0.2) is 77.7 Å². The summed E-state index contributed by atoms with van der Waals surface area (Å²) in [6.45, 7) is 3.87. The monoisotopic (exact) mass is 644 g/mol. The number of carbonyl (C=O) groups is 2. The second-order valence-corrected chi connectivity index (χ2v) is 13.2. The van der Waals surface area contributed by atoms with Crippen LogP contribution in [-0.2, 0) is 32.4 Å². The first kappa shape index (κ1) is 34.8. The maximum absolute atomic E-state index is 13.7. The number of aliphatic hydroxyl groups is 1. The molecule has 0 aliphatic rings. The van der Waals surface area contributed by atoms with Crippen molar-refractivity contribution in [1.82, 2.24) is 9.62 Å². The van der Waals surface area contributed by atoms with E-state index in [0.29, 0.717) is 41.2 Å². The molecule has 0 radical (unpaired) electrons. The largest absolute Gasteiger partial charge is 0.453 e. The summed E-state index contributed by atoms with van der Waals surface area (Å²) in [7, 11) is -2.72. The number of amides is 2. The van der Waals surface area contributed by atoms with E-state index in [2.05, 4.69) is 10.6 Å². The van der Waals surface area contributed by atoms with E-state index in [0.717, 1.165) is 5.56 Å². The number of anilines is 2. The van der Waals surface area contributed by atoms with Crippen LogP contribution in [0.5, 0.6) is 0 Å². The summed E-state index contributed by atoms with van der Waals surface area (Å²) in [4.78, 5) is 25.6. The van der Waals surface area contributed by atoms with Gasteiger partial charge in [0.1, 0.15) is 6.04 Å². The van der Waals surface area contributed by atoms with Gasteiger partial charge in [0, 0.05) is 35.4 Å². The number of alkyl carbamates (subject to hydrolysis) is 1. The Kier molecular flexibility index (Phi) is 13.0. The Morgan fingerprint density at radius 1 is 0.977 bits per heavy atom. The maximum atomic E-state index is 13.7. The zero-order valence-corrected chi connectivity index (χ0v) is 26.8. The van der Waals surface area contributed by atoms with Gasteiger partial charge in [0.2, 0.25) is 15.9 Å². The van der Waals surface area contributed by atoms with Gasteiger partial charge < -0.3 is 26.2 Å². The molecule has 44 heavy (non-hydrogen) atoms. The lowest BCUT2D eigenvalue weighted by atomic mass is 10.0. The zero-order valence-electron chi connectivity index (χ0n) is 25.2. The molecule has 3 aromatic rings. The van der Waals surface area contributed by atoms with Crippen LogP contribution in [0, 0.1) is 5.92 Å². The van der Waals surface area contributed by atoms with E-state index in [1.807, 2.05) is 26.0 Å². The van der Waals surface area contributed by atoms with E-state index in [-0.39, 0.29) is 30.4 Å². The van der Waals surface area contributed by atoms with Gasteiger partial charge >= 0.3 is 6.09 Å². The number of nitrogens with zero attached hydrogens (tertiary/aromatic N) is 1. The molecule has 3 aromatic carbocycles. The van der Waals surface area contributed by atoms with Gasteiger partial charge in [-0.3, -0.25) is 4.79 Å². The normalized spacial score (nSPS) is 13.0. The third-order valence-corrected chi connectivity index (χ3v) is 9.56. The van der Waals surface area contributed by atoms with Crippen molar-refractivity contribution in [3.05, 3.63) is 88.9 Å². The summed E-state index contributed by atoms with van der Waals surface area (Å²) in [6, 6.07) is 18.5. The number of halogens is 1. The summed E-state index contributed by atoms with van der Waals surface area (Å²) in [5, 5.41) is 16.3. The number of methoxy groups -OCH3 is 1. The van der Waals surface area contributed by atoms with Gasteiger partial charge in [-0.2, -0.15) is 4.31 Å². The molecule has 12 heteroatoms. The van der Waals surface area contributed by atoms with Crippen LogP contribution in [0.25, 0.3) is 0 Å². The van der Waals surface area contributed by atoms with Crippen molar-refractivity contribution >= 4 is 45.0 Å². The number of hydrogen-bond donors (Lipinski definition) is 4. The fourth-order valence-corrected chi connectivity index (χ4v) is 6.56. The fraction of sp³-hybridized carbons (Fsp3) is 0.375. The van der Waals surface area contributed by atoms with Crippen LogP contribution < -0.4 is 16.4 Å². The summed E-state index contributed by atoms with van der Waals surface area (Å²) in [5.41, 5.74) is 8.14. The highest BCUT2D eigenvalue weighted by Crippen LogP contribution is 2.25. The fourth-order valence-electron chi connectivity index (χ4n) is 4.68. The number of nitrogens with one attached hydrogen (secondary N) is 2. The van der Waals surface area contributed by atoms with E-state index in [1.54, 1.807) is 36.4 Å². The summed E-state index contributed by atoms with van der Waals surface area (Å²) < 4.78 is 33.5. The SMILES string of the molecule is COC(=O)N[C@@H](Cc1ccccc1Cl)C(=O)Nc1ccccc1CC[C@@H](CO)N(CCC(C)C)S(=O)(=O)c1ccc(N)cc1. The van der Waals surface area contributed by atoms with Crippen LogP contribution in [0.4, 0.5) is 16.2 Å². The average Bonchev–Trinajstić information content (AvgIpc) is 3.00. The van der Waals surface area contributed by atoms with Crippen molar-refractivity contribution in [3.8, 4) is 0 Å². The Balaban J connectivity index is 1.82. The Bertz CT molecular complexity index is 1500. The Labute approximate surface area is 264 Å². The van der Waals surface area contributed by atoms with Gasteiger partial charge in [0.15, 0.2) is 0 Å². The smallest absolute Gasteiger partial charge is 0.407 e. The first-order chi connectivity index (χ1) is 21.0. The molecule has 2 amide bonds. The number of rotatable bonds is 15. The number of nitrogen functional groups attached to an aromatic ring is 1. The highest BCUT2D eigenvalue weighted by Gasteiger charge is 2.31. The molecule has 0 aliphatic carbocycles. The minimum Gasteiger partial charge on any atom is -0.453 e. The summed E-state index contributed by atoms with van der Waals surface area (Å²) >= 11 is 6.31. The van der Waals surface area contributed by atoms with E-state index in [1.165, 1.54) is 35.7 Å². The van der Waals surface area contributed by atoms with Crippen molar-refractivity contribution in [2.75, 3.05) is 31.3 Å². The van der Waals surface area contributed by atoms with Crippen molar-refractivity contribution in [1.29, 1.82) is 0 Å². The average molecular weight is 645 g/mol. The Hall–Kier alpha value is -3.64. The lowest BCUT2D eigenvalue weighted by Gasteiger charge is -2.30. The van der Waals surface area contributed by atoms with Crippen molar-refractivity contribution in [2.45, 2.75) is 56.5 Å². The number of sulfonamides is 1. The molecule has 2 atom stereocenters. The third kappa shape index (κ3) is 9.68. The molecular formula is C32H41ClN4O6S. The van der Waals surface area contributed by atoms with Crippen LogP contribution in [0.3, 0.4) is 0 Å². The second-order valence-electron chi connectivity index (χ2n) is 10.9. The number of hydrogen-bond acceptors (Lipinski definition) is 7. The van der Waals surface area contributed by atoms with E-state index < -0.39 is 34.1 Å². The van der Waals surface area contributed by atoms with Gasteiger partial charge in [0.25, 0.3) is 0 Å². The number of benzene rings is 3. The molecular weight excluding hydrogens is 604 g/mol. The predicted molar refractivity (Wildman–Crippen MR) is 173 cm³/mol. The van der Waals surface area contributed by atoms with Gasteiger partial charge in [0.05, 0.1) is 18.6 Å². The second kappa shape index (κ2) is 16.4. The number of nitrogens with two attached hydrogens (primary N) is 1. The highest BCUT2D eigenvalue weighted by atomic mass is 35.5. The van der Waals surface area contributed by atoms with Gasteiger partial charge in [-0.1, -0.05) is 61.8 Å². The molecule has 0 unspecified atom stereocenters. The minimum atomic E-state index is -3.93. The van der Waals surface area contributed by atoms with Gasteiger partial charge in [-0.15, -0.1) is 0 Å². The van der Waals surface area contributed by atoms with Gasteiger partial charge in [-0.25, -0.2) is 13.2 Å². The lowest BCUT2D eigenvalue weighted by Crippen LogP contribution is -2.45. The number of para-hydroxylation sites is 1. The van der Waals surface area contributed by atoms with Crippen molar-refractivity contribution in [3.63, 3.8) is 0 Å². The van der Waals surface area contributed by atoms with Crippen molar-refractivity contribution in [2.24, 2.45) is 5.92 Å². The standard InChI is InChI=1S/C32H41ClN4O6S/c1-22(2)18-19-37(44(41,42)27-16-13-25(34)14-17-27)26(21-38)15-12-23-8-5-7-11-29(23)35-31(39)30(36-32(40)43-3)20-24-9-4-6-10-28(24)33/h4-11,13-14,16-17,22,26,30,38H,12,15,18-21,34H2,1-3H3,(H,35,39)(H,36,40)/t26-,30-/m0/s1. The molecule has 0 aromatic heterocycles. The Morgan fingerprint density at radius 2 is 1.61 bits per heavy atom. The molecule has 0 saturated heterocycles. The molecule has 0 bridgehead atoms. The Morgan fingerprint density at radius 3 is 2.23 bits per heavy atom. The van der Waals surface area contributed by atoms with E-state index >= 15 is 0 Å². The molecule has 238 valence electrons. The summed E-state index contributed by atoms with van der Waals surface area (Å²) in [6.07, 6.45) is 0.621. The topological polar surface area (TPSA) is 151 Å². The molecule has 0 heterocycles. The number of carbonyl (C=O) groups excluding carboxylic acids is 2. The molecule has 0 spiro atoms. The maximum Gasteiger partial charge on any atom is 0.407 e. The third-order valence-electron chi connectivity index (χ3n) is 7.23. The molecule has 0 fully saturated rings. The molecule has 3 rings (SSSR count). The highest BCUT2D eigenvalue weighted by molar-refractivity contribution is 7.89. The van der Waals surface area contributed by atoms with E-state index in [4.69, 9.17) is 22.1 Å². The van der Waals surface area contributed by atoms with Crippen molar-refractivity contribution < 1.29 is 27.9 Å².